The molecular formula is C29H29Cl2N3O3. The lowest BCUT2D eigenvalue weighted by Crippen LogP contribution is -2.17. The minimum Gasteiger partial charge on any atom is -0.487 e. The number of aromatic nitrogens is 2. The van der Waals surface area contributed by atoms with Gasteiger partial charge in [-0.3, -0.25) is 0 Å². The number of aryl methyl sites for hydroxylation is 1. The predicted molar refractivity (Wildman–Crippen MR) is 149 cm³/mol. The second-order valence-electron chi connectivity index (χ2n) is 9.28. The number of hydrogen-bond donors (Lipinski definition) is 1. The van der Waals surface area contributed by atoms with Crippen LogP contribution in [0.15, 0.2) is 66.9 Å². The van der Waals surface area contributed by atoms with E-state index in [0.29, 0.717) is 28.9 Å². The summed E-state index contributed by atoms with van der Waals surface area (Å²) >= 11 is 12.9. The Labute approximate surface area is 227 Å². The summed E-state index contributed by atoms with van der Waals surface area (Å²) in [6.45, 7) is 7.22. The smallest absolute Gasteiger partial charge is 0.335 e. The van der Waals surface area contributed by atoms with E-state index in [4.69, 9.17) is 33.0 Å². The van der Waals surface area contributed by atoms with Crippen LogP contribution in [-0.2, 0) is 13.2 Å². The number of carbonyl (C=O) groups is 1. The van der Waals surface area contributed by atoms with Crippen LogP contribution in [-0.4, -0.2) is 27.9 Å². The topological polar surface area (TPSA) is 67.6 Å². The van der Waals surface area contributed by atoms with Crippen molar-refractivity contribution in [2.24, 2.45) is 0 Å². The molecule has 3 aromatic carbocycles. The minimum absolute atomic E-state index is 0.246. The lowest BCUT2D eigenvalue weighted by Gasteiger charge is -2.22. The molecule has 0 saturated heterocycles. The molecule has 1 heterocycles. The van der Waals surface area contributed by atoms with Gasteiger partial charge in [0.2, 0.25) is 0 Å². The Morgan fingerprint density at radius 2 is 1.76 bits per heavy atom. The first-order valence-corrected chi connectivity index (χ1v) is 12.7. The Kier molecular flexibility index (Phi) is 8.10. The van der Waals surface area contributed by atoms with Gasteiger partial charge in [-0.2, -0.15) is 5.10 Å². The van der Waals surface area contributed by atoms with E-state index in [1.807, 2.05) is 56.6 Å². The molecule has 1 aromatic heterocycles. The highest BCUT2D eigenvalue weighted by molar-refractivity contribution is 6.37. The molecule has 0 bridgehead atoms. The van der Waals surface area contributed by atoms with E-state index in [0.717, 1.165) is 33.8 Å². The van der Waals surface area contributed by atoms with Crippen LogP contribution in [0.1, 0.15) is 52.5 Å². The summed E-state index contributed by atoms with van der Waals surface area (Å²) in [5, 5.41) is 14.7. The van der Waals surface area contributed by atoms with E-state index in [1.54, 1.807) is 28.9 Å². The van der Waals surface area contributed by atoms with E-state index in [2.05, 4.69) is 23.8 Å². The van der Waals surface area contributed by atoms with Crippen LogP contribution >= 0.6 is 23.2 Å². The maximum atomic E-state index is 11.1. The largest absolute Gasteiger partial charge is 0.487 e. The predicted octanol–water partition coefficient (Wildman–Crippen LogP) is 7.52. The minimum atomic E-state index is -0.926. The fraction of sp³-hybridized carbons (Fsp3) is 0.241. The monoisotopic (exact) mass is 537 g/mol. The number of hydrogen-bond acceptors (Lipinski definition) is 4. The van der Waals surface area contributed by atoms with Crippen LogP contribution in [0.4, 0.5) is 5.69 Å². The van der Waals surface area contributed by atoms with Crippen LogP contribution in [0.3, 0.4) is 0 Å². The molecule has 0 fully saturated rings. The van der Waals surface area contributed by atoms with E-state index < -0.39 is 5.97 Å². The molecule has 0 aliphatic rings. The average molecular weight is 538 g/mol. The molecule has 0 atom stereocenters. The molecule has 37 heavy (non-hydrogen) atoms. The second-order valence-corrected chi connectivity index (χ2v) is 10.1. The van der Waals surface area contributed by atoms with Crippen molar-refractivity contribution in [3.8, 4) is 11.4 Å². The van der Waals surface area contributed by atoms with Crippen LogP contribution in [0.2, 0.25) is 10.0 Å². The highest BCUT2D eigenvalue weighted by Gasteiger charge is 2.19. The summed E-state index contributed by atoms with van der Waals surface area (Å²) < 4.78 is 8.00. The van der Waals surface area contributed by atoms with Crippen molar-refractivity contribution in [2.75, 3.05) is 11.9 Å². The number of para-hydroxylation sites is 1. The fourth-order valence-corrected chi connectivity index (χ4v) is 4.86. The second kappa shape index (κ2) is 11.3. The summed E-state index contributed by atoms with van der Waals surface area (Å²) in [6.07, 6.45) is 1.84. The van der Waals surface area contributed by atoms with Gasteiger partial charge in [0.1, 0.15) is 18.0 Å². The molecule has 8 heteroatoms. The third kappa shape index (κ3) is 5.92. The zero-order valence-corrected chi connectivity index (χ0v) is 22.7. The number of benzene rings is 3. The lowest BCUT2D eigenvalue weighted by atomic mass is 10.0. The van der Waals surface area contributed by atoms with E-state index in [-0.39, 0.29) is 11.5 Å². The highest BCUT2D eigenvalue weighted by Crippen LogP contribution is 2.32. The molecule has 0 aliphatic carbocycles. The maximum Gasteiger partial charge on any atom is 0.335 e. The maximum absolute atomic E-state index is 11.1. The van der Waals surface area contributed by atoms with Gasteiger partial charge in [-0.05, 0) is 72.0 Å². The number of nitrogens with zero attached hydrogens (tertiary/aromatic N) is 3. The molecule has 192 valence electrons. The Bertz CT molecular complexity index is 1390. The van der Waals surface area contributed by atoms with Crippen molar-refractivity contribution in [3.63, 3.8) is 0 Å². The third-order valence-electron chi connectivity index (χ3n) is 6.25. The summed E-state index contributed by atoms with van der Waals surface area (Å²) in [4.78, 5) is 13.2. The third-order valence-corrected chi connectivity index (χ3v) is 6.86. The van der Waals surface area contributed by atoms with Crippen LogP contribution in [0.25, 0.3) is 5.69 Å². The van der Waals surface area contributed by atoms with Gasteiger partial charge < -0.3 is 14.7 Å². The van der Waals surface area contributed by atoms with Crippen LogP contribution in [0, 0.1) is 6.92 Å². The number of rotatable bonds is 9. The van der Waals surface area contributed by atoms with Gasteiger partial charge in [0.15, 0.2) is 0 Å². The summed E-state index contributed by atoms with van der Waals surface area (Å²) in [5.41, 5.74) is 6.04. The Hall–Kier alpha value is -3.48. The molecule has 0 radical (unpaired) electrons. The van der Waals surface area contributed by atoms with E-state index in [9.17, 15) is 4.79 Å². The van der Waals surface area contributed by atoms with E-state index in [1.165, 1.54) is 0 Å². The van der Waals surface area contributed by atoms with Gasteiger partial charge in [0, 0.05) is 19.3 Å². The molecule has 0 spiro atoms. The summed E-state index contributed by atoms with van der Waals surface area (Å²) in [5.74, 6) is 0.0639. The van der Waals surface area contributed by atoms with Crippen molar-refractivity contribution in [1.82, 2.24) is 9.78 Å². The number of anilines is 1. The normalized spacial score (nSPS) is 11.1. The zero-order valence-electron chi connectivity index (χ0n) is 21.2. The quantitative estimate of drug-likeness (QED) is 0.239. The number of ether oxygens (including phenoxy) is 1. The first-order chi connectivity index (χ1) is 17.7. The first kappa shape index (κ1) is 26.6. The van der Waals surface area contributed by atoms with Crippen LogP contribution < -0.4 is 9.64 Å². The fourth-order valence-electron chi connectivity index (χ4n) is 4.31. The molecule has 0 unspecified atom stereocenters. The Balaban J connectivity index is 1.52. The Morgan fingerprint density at radius 3 is 2.35 bits per heavy atom. The number of carboxylic acids is 1. The van der Waals surface area contributed by atoms with Gasteiger partial charge >= 0.3 is 5.97 Å². The molecule has 1 N–H and O–H groups in total. The molecule has 4 aromatic rings. The van der Waals surface area contributed by atoms with Crippen molar-refractivity contribution in [2.45, 2.75) is 39.8 Å². The molecular weight excluding hydrogens is 509 g/mol. The van der Waals surface area contributed by atoms with Gasteiger partial charge in [0.25, 0.3) is 0 Å². The molecule has 0 amide bonds. The standard InChI is InChI=1S/C29H29Cl2N3O3/c1-18(2)23-15-32-34(28-24(30)6-5-7-25(28)31)27(23)17-37-22-12-13-26(19(3)14-22)33(4)16-20-8-10-21(11-9-20)29(35)36/h5-15,18H,16-17H2,1-4H3,(H,35,36). The van der Waals surface area contributed by atoms with Crippen LogP contribution in [0.5, 0.6) is 5.75 Å². The Morgan fingerprint density at radius 1 is 1.08 bits per heavy atom. The van der Waals surface area contributed by atoms with Gasteiger partial charge in [-0.1, -0.05) is 55.2 Å². The van der Waals surface area contributed by atoms with Gasteiger partial charge in [-0.25, -0.2) is 9.48 Å². The number of halogens is 2. The summed E-state index contributed by atoms with van der Waals surface area (Å²) in [6, 6.07) is 18.3. The summed E-state index contributed by atoms with van der Waals surface area (Å²) in [7, 11) is 2.01. The van der Waals surface area contributed by atoms with Crippen molar-refractivity contribution in [1.29, 1.82) is 0 Å². The molecule has 4 rings (SSSR count). The van der Waals surface area contributed by atoms with Crippen molar-refractivity contribution >= 4 is 34.9 Å². The van der Waals surface area contributed by atoms with Gasteiger partial charge in [-0.15, -0.1) is 0 Å². The average Bonchev–Trinajstić information content (AvgIpc) is 3.26. The van der Waals surface area contributed by atoms with Crippen molar-refractivity contribution in [3.05, 3.63) is 105 Å². The van der Waals surface area contributed by atoms with E-state index >= 15 is 0 Å². The first-order valence-electron chi connectivity index (χ1n) is 11.9. The lowest BCUT2D eigenvalue weighted by molar-refractivity contribution is 0.0697. The highest BCUT2D eigenvalue weighted by atomic mass is 35.5. The molecule has 0 saturated carbocycles. The van der Waals surface area contributed by atoms with Gasteiger partial charge in [0.05, 0.1) is 27.5 Å². The molecule has 6 nitrogen and oxygen atoms in total. The zero-order chi connectivity index (χ0) is 26.7. The number of carboxylic acid groups (broad SMARTS) is 1. The van der Waals surface area contributed by atoms with Crippen molar-refractivity contribution < 1.29 is 14.6 Å². The SMILES string of the molecule is Cc1cc(OCc2c(C(C)C)cnn2-c2c(Cl)cccc2Cl)ccc1N(C)Cc1ccc(C(=O)O)cc1. The number of aromatic carboxylic acids is 1. The molecule has 0 aliphatic heterocycles.